The van der Waals surface area contributed by atoms with Gasteiger partial charge in [-0.05, 0) is 24.3 Å². The van der Waals surface area contributed by atoms with Crippen LogP contribution >= 0.6 is 22.9 Å². The Kier molecular flexibility index (Phi) is 5.22. The summed E-state index contributed by atoms with van der Waals surface area (Å²) in [6.45, 7) is -0.611. The van der Waals surface area contributed by atoms with Gasteiger partial charge >= 0.3 is 10.2 Å². The number of amides is 1. The molecular formula is C15H9ClFN5O3S2. The number of rotatable bonds is 4. The monoisotopic (exact) mass is 425 g/mol. The van der Waals surface area contributed by atoms with Gasteiger partial charge in [-0.3, -0.25) is 4.79 Å². The van der Waals surface area contributed by atoms with E-state index in [2.05, 4.69) is 14.7 Å². The molecule has 1 aliphatic heterocycles. The molecule has 1 N–H and O–H groups in total. The Bertz CT molecular complexity index is 1110. The molecule has 0 unspecified atom stereocenters. The number of carbonyl (C=O) groups excluding carboxylic acids is 1. The number of aromatic nitrogens is 1. The van der Waals surface area contributed by atoms with Gasteiger partial charge in [0.2, 0.25) is 0 Å². The zero-order valence-corrected chi connectivity index (χ0v) is 15.6. The van der Waals surface area contributed by atoms with Crippen LogP contribution in [0, 0.1) is 17.1 Å². The van der Waals surface area contributed by atoms with Gasteiger partial charge in [0.05, 0.1) is 11.1 Å². The molecule has 0 saturated heterocycles. The summed E-state index contributed by atoms with van der Waals surface area (Å²) in [4.78, 5) is 16.6. The van der Waals surface area contributed by atoms with Crippen molar-refractivity contribution in [1.82, 2.24) is 9.29 Å². The second-order valence-electron chi connectivity index (χ2n) is 5.07. The van der Waals surface area contributed by atoms with Crippen LogP contribution in [0.2, 0.25) is 5.02 Å². The molecule has 2 heterocycles. The van der Waals surface area contributed by atoms with Crippen LogP contribution in [0.15, 0.2) is 45.9 Å². The lowest BCUT2D eigenvalue weighted by atomic mass is 10.2. The first kappa shape index (κ1) is 19.0. The number of anilines is 1. The van der Waals surface area contributed by atoms with Crippen molar-refractivity contribution < 1.29 is 17.6 Å². The molecule has 3 rings (SSSR count). The average Bonchev–Trinajstić information content (AvgIpc) is 3.14. The smallest absolute Gasteiger partial charge is 0.321 e. The zero-order valence-electron chi connectivity index (χ0n) is 13.3. The number of nitriles is 1. The molecule has 0 saturated carbocycles. The fraction of sp³-hybridized carbons (Fsp3) is 0.0667. The minimum Gasteiger partial charge on any atom is -0.321 e. The molecule has 1 aliphatic rings. The van der Waals surface area contributed by atoms with Crippen LogP contribution < -0.4 is 5.32 Å². The Hall–Kier alpha value is -2.81. The second kappa shape index (κ2) is 7.43. The molecule has 1 aromatic heterocycles. The second-order valence-corrected chi connectivity index (χ2v) is 7.89. The Balaban J connectivity index is 2.00. The summed E-state index contributed by atoms with van der Waals surface area (Å²) >= 11 is 6.82. The highest BCUT2D eigenvalue weighted by atomic mass is 35.5. The van der Waals surface area contributed by atoms with Gasteiger partial charge in [-0.2, -0.15) is 13.7 Å². The third-order valence-corrected chi connectivity index (χ3v) is 5.71. The maximum Gasteiger partial charge on any atom is 0.346 e. The lowest BCUT2D eigenvalue weighted by Gasteiger charge is -2.24. The summed E-state index contributed by atoms with van der Waals surface area (Å²) in [7, 11) is -4.31. The highest BCUT2D eigenvalue weighted by Gasteiger charge is 2.33. The van der Waals surface area contributed by atoms with Crippen molar-refractivity contribution in [3.63, 3.8) is 0 Å². The SMILES string of the molecule is N#CCN1C(C(=O)Nc2ccc(F)c(Cl)c2)=CC(c2nccs2)=NS1(=O)=O. The summed E-state index contributed by atoms with van der Waals surface area (Å²) in [5.74, 6) is -1.50. The van der Waals surface area contributed by atoms with Crippen molar-refractivity contribution in [2.24, 2.45) is 4.40 Å². The standard InChI is InChI=1S/C15H9ClFN5O3S2/c16-10-7-9(1-2-11(10)17)20-14(23)13-8-12(15-19-4-6-26-15)21-27(24,25)22(13)5-3-18/h1-2,4,6-8H,5H2,(H,20,23). The van der Waals surface area contributed by atoms with Crippen LogP contribution in [0.4, 0.5) is 10.1 Å². The van der Waals surface area contributed by atoms with Crippen LogP contribution in [0.5, 0.6) is 0 Å². The Morgan fingerprint density at radius 2 is 2.22 bits per heavy atom. The minimum atomic E-state index is -4.31. The number of nitrogens with one attached hydrogen (secondary N) is 1. The van der Waals surface area contributed by atoms with Crippen LogP contribution in [0.3, 0.4) is 0 Å². The summed E-state index contributed by atoms with van der Waals surface area (Å²) in [6.07, 6.45) is 2.68. The van der Waals surface area contributed by atoms with E-state index in [1.807, 2.05) is 0 Å². The number of thiazole rings is 1. The van der Waals surface area contributed by atoms with Crippen LogP contribution in [-0.4, -0.2) is 35.9 Å². The normalized spacial score (nSPS) is 15.5. The highest BCUT2D eigenvalue weighted by Crippen LogP contribution is 2.24. The van der Waals surface area contributed by atoms with E-state index < -0.39 is 28.5 Å². The van der Waals surface area contributed by atoms with Gasteiger partial charge in [-0.15, -0.1) is 15.7 Å². The van der Waals surface area contributed by atoms with Crippen molar-refractivity contribution >= 4 is 50.5 Å². The quantitative estimate of drug-likeness (QED) is 0.755. The van der Waals surface area contributed by atoms with E-state index in [0.29, 0.717) is 9.31 Å². The molecule has 0 fully saturated rings. The molecule has 12 heteroatoms. The van der Waals surface area contributed by atoms with E-state index in [0.717, 1.165) is 17.4 Å². The van der Waals surface area contributed by atoms with Gasteiger partial charge in [0.1, 0.15) is 28.8 Å². The highest BCUT2D eigenvalue weighted by molar-refractivity contribution is 7.88. The topological polar surface area (TPSA) is 116 Å². The van der Waals surface area contributed by atoms with Gasteiger partial charge in [-0.25, -0.2) is 13.7 Å². The summed E-state index contributed by atoms with van der Waals surface area (Å²) in [5.41, 5.74) is -0.196. The summed E-state index contributed by atoms with van der Waals surface area (Å²) < 4.78 is 42.3. The molecule has 1 aromatic carbocycles. The molecule has 1 amide bonds. The molecule has 138 valence electrons. The Morgan fingerprint density at radius 1 is 1.44 bits per heavy atom. The maximum absolute atomic E-state index is 13.3. The molecule has 0 atom stereocenters. The van der Waals surface area contributed by atoms with Crippen LogP contribution in [0.1, 0.15) is 5.01 Å². The molecular weight excluding hydrogens is 417 g/mol. The average molecular weight is 426 g/mol. The molecule has 27 heavy (non-hydrogen) atoms. The number of hydrogen-bond donors (Lipinski definition) is 1. The number of benzene rings is 1. The number of carbonyl (C=O) groups is 1. The Labute approximate surface area is 162 Å². The predicted octanol–water partition coefficient (Wildman–Crippen LogP) is 2.33. The first-order valence-electron chi connectivity index (χ1n) is 7.19. The van der Waals surface area contributed by atoms with E-state index in [-0.39, 0.29) is 22.1 Å². The number of allylic oxidation sites excluding steroid dienone is 1. The number of nitrogens with zero attached hydrogens (tertiary/aromatic N) is 4. The van der Waals surface area contributed by atoms with Crippen molar-refractivity contribution in [2.75, 3.05) is 11.9 Å². The zero-order chi connectivity index (χ0) is 19.6. The summed E-state index contributed by atoms with van der Waals surface area (Å²) in [5, 5.41) is 13.1. The first-order chi connectivity index (χ1) is 12.8. The van der Waals surface area contributed by atoms with Crippen molar-refractivity contribution in [1.29, 1.82) is 5.26 Å². The van der Waals surface area contributed by atoms with Crippen LogP contribution in [-0.2, 0) is 15.0 Å². The third kappa shape index (κ3) is 3.97. The van der Waals surface area contributed by atoms with E-state index >= 15 is 0 Å². The van der Waals surface area contributed by atoms with E-state index in [1.54, 1.807) is 11.4 Å². The van der Waals surface area contributed by atoms with Gasteiger partial charge in [0.15, 0.2) is 0 Å². The minimum absolute atomic E-state index is 0.0264. The van der Waals surface area contributed by atoms with Crippen molar-refractivity contribution in [2.45, 2.75) is 0 Å². The fourth-order valence-electron chi connectivity index (χ4n) is 2.16. The lowest BCUT2D eigenvalue weighted by molar-refractivity contribution is -0.113. The molecule has 0 bridgehead atoms. The van der Waals surface area contributed by atoms with E-state index in [4.69, 9.17) is 16.9 Å². The molecule has 8 nitrogen and oxygen atoms in total. The van der Waals surface area contributed by atoms with Gasteiger partial charge in [-0.1, -0.05) is 11.6 Å². The molecule has 2 aromatic rings. The van der Waals surface area contributed by atoms with Gasteiger partial charge < -0.3 is 5.32 Å². The molecule has 0 spiro atoms. The Morgan fingerprint density at radius 3 is 2.85 bits per heavy atom. The van der Waals surface area contributed by atoms with Gasteiger partial charge in [0.25, 0.3) is 5.91 Å². The van der Waals surface area contributed by atoms with Gasteiger partial charge in [0, 0.05) is 17.3 Å². The maximum atomic E-state index is 13.3. The third-order valence-electron chi connectivity index (χ3n) is 3.31. The summed E-state index contributed by atoms with van der Waals surface area (Å²) in [6, 6.07) is 5.18. The largest absolute Gasteiger partial charge is 0.346 e. The number of hydrogen-bond acceptors (Lipinski definition) is 6. The number of halogens is 2. The molecule has 0 aliphatic carbocycles. The first-order valence-corrected chi connectivity index (χ1v) is 9.85. The van der Waals surface area contributed by atoms with Crippen molar-refractivity contribution in [3.8, 4) is 6.07 Å². The van der Waals surface area contributed by atoms with Crippen molar-refractivity contribution in [3.05, 3.63) is 57.4 Å². The predicted molar refractivity (Wildman–Crippen MR) is 98.0 cm³/mol. The van der Waals surface area contributed by atoms with Crippen LogP contribution in [0.25, 0.3) is 0 Å². The molecule has 0 radical (unpaired) electrons. The fourth-order valence-corrected chi connectivity index (χ4v) is 4.08. The van der Waals surface area contributed by atoms with E-state index in [9.17, 15) is 17.6 Å². The van der Waals surface area contributed by atoms with E-state index in [1.165, 1.54) is 24.4 Å². The lowest BCUT2D eigenvalue weighted by Crippen LogP contribution is -2.38.